The Bertz CT molecular complexity index is 1110. The summed E-state index contributed by atoms with van der Waals surface area (Å²) in [5.74, 6) is -1.58. The van der Waals surface area contributed by atoms with Crippen LogP contribution >= 0.6 is 23.0 Å². The Morgan fingerprint density at radius 2 is 1.74 bits per heavy atom. The quantitative estimate of drug-likeness (QED) is 0.201. The summed E-state index contributed by atoms with van der Waals surface area (Å²) >= 11 is 0. The van der Waals surface area contributed by atoms with Gasteiger partial charge in [0.25, 0.3) is 0 Å². The van der Waals surface area contributed by atoms with Crippen molar-refractivity contribution in [3.63, 3.8) is 0 Å². The summed E-state index contributed by atoms with van der Waals surface area (Å²) in [5, 5.41) is 20.5. The average molecular weight is 505 g/mol. The zero-order chi connectivity index (χ0) is 23.2. The number of fused-ring (bicyclic) bond motifs is 1. The van der Waals surface area contributed by atoms with Crippen molar-refractivity contribution in [3.05, 3.63) is 12.7 Å². The van der Waals surface area contributed by atoms with Crippen LogP contribution in [0.25, 0.3) is 11.2 Å². The van der Waals surface area contributed by atoms with E-state index in [2.05, 4.69) is 23.8 Å². The molecule has 17 nitrogen and oxygen atoms in total. The fourth-order valence-corrected chi connectivity index (χ4v) is 7.32. The third kappa shape index (κ3) is 5.73. The number of nitrogen functional groups attached to an aromatic ring is 1. The second-order valence-electron chi connectivity index (χ2n) is 6.41. The van der Waals surface area contributed by atoms with E-state index in [0.717, 1.165) is 6.33 Å². The zero-order valence-electron chi connectivity index (χ0n) is 15.2. The van der Waals surface area contributed by atoms with Gasteiger partial charge in [0.15, 0.2) is 23.6 Å². The fourth-order valence-electron chi connectivity index (χ4n) is 2.80. The molecule has 0 amide bonds. The van der Waals surface area contributed by atoms with Gasteiger partial charge in [0.1, 0.15) is 30.2 Å². The number of nitrogens with zero attached hydrogens (tertiary/aromatic N) is 4. The van der Waals surface area contributed by atoms with Gasteiger partial charge in [0.2, 0.25) is 0 Å². The second-order valence-corrected chi connectivity index (χ2v) is 12.0. The summed E-state index contributed by atoms with van der Waals surface area (Å²) in [6, 6.07) is 0. The van der Waals surface area contributed by atoms with Crippen LogP contribution in [-0.2, 0) is 27.3 Å². The lowest BCUT2D eigenvalue weighted by molar-refractivity contribution is -0.0483. The maximum atomic E-state index is 12.0. The SMILES string of the molecule is Nc1ncnc2c1ncn2[C@@H]1O[C@H](COP(=O)(O)CP(=O)(O)OP(=O)(O)O)[C@@H](O)C1O. The number of phosphoric acid groups is 1. The second kappa shape index (κ2) is 8.56. The van der Waals surface area contributed by atoms with Crippen LogP contribution < -0.4 is 5.73 Å². The molecule has 3 rings (SSSR count). The molecule has 0 saturated carbocycles. The first kappa shape index (κ1) is 24.3. The van der Waals surface area contributed by atoms with Crippen molar-refractivity contribution in [1.82, 2.24) is 19.5 Å². The maximum absolute atomic E-state index is 12.0. The Morgan fingerprint density at radius 1 is 1.06 bits per heavy atom. The van der Waals surface area contributed by atoms with Gasteiger partial charge in [-0.1, -0.05) is 0 Å². The van der Waals surface area contributed by atoms with Crippen molar-refractivity contribution in [1.29, 1.82) is 0 Å². The van der Waals surface area contributed by atoms with Crippen LogP contribution in [0.15, 0.2) is 12.7 Å². The highest BCUT2D eigenvalue weighted by Gasteiger charge is 2.46. The number of aliphatic hydroxyl groups excluding tert-OH is 2. The number of ether oxygens (including phenoxy) is 1. The van der Waals surface area contributed by atoms with Gasteiger partial charge in [-0.05, 0) is 0 Å². The molecule has 3 unspecified atom stereocenters. The minimum absolute atomic E-state index is 0.0591. The van der Waals surface area contributed by atoms with Crippen LogP contribution in [0.3, 0.4) is 0 Å². The zero-order valence-corrected chi connectivity index (χ0v) is 17.9. The van der Waals surface area contributed by atoms with E-state index in [1.807, 2.05) is 0 Å². The lowest BCUT2D eigenvalue weighted by atomic mass is 10.1. The first-order valence-corrected chi connectivity index (χ1v) is 13.2. The number of hydrogen-bond acceptors (Lipinski definition) is 12. The van der Waals surface area contributed by atoms with Gasteiger partial charge in [-0.3, -0.25) is 13.7 Å². The fraction of sp³-hybridized carbons (Fsp3) is 0.545. The molecule has 1 aliphatic heterocycles. The average Bonchev–Trinajstić information content (AvgIpc) is 3.13. The number of rotatable bonds is 8. The highest BCUT2D eigenvalue weighted by molar-refractivity contribution is 7.74. The van der Waals surface area contributed by atoms with E-state index < -0.39 is 60.1 Å². The van der Waals surface area contributed by atoms with Crippen molar-refractivity contribution in [2.45, 2.75) is 24.5 Å². The van der Waals surface area contributed by atoms with Gasteiger partial charge >= 0.3 is 23.0 Å². The largest absolute Gasteiger partial charge is 0.476 e. The molecule has 2 aromatic rings. The smallest absolute Gasteiger partial charge is 0.387 e. The van der Waals surface area contributed by atoms with Crippen LogP contribution in [0.5, 0.6) is 0 Å². The third-order valence-electron chi connectivity index (χ3n) is 4.03. The summed E-state index contributed by atoms with van der Waals surface area (Å²) in [6.07, 6.45) is -3.43. The number of anilines is 1. The molecule has 0 radical (unpaired) electrons. The molecule has 0 aromatic carbocycles. The Hall–Kier alpha value is -1.32. The molecule has 0 spiro atoms. The monoisotopic (exact) mass is 505 g/mol. The van der Waals surface area contributed by atoms with Crippen molar-refractivity contribution >= 4 is 40.0 Å². The highest BCUT2D eigenvalue weighted by Crippen LogP contribution is 2.64. The highest BCUT2D eigenvalue weighted by atomic mass is 31.3. The first-order valence-electron chi connectivity index (χ1n) is 8.19. The van der Waals surface area contributed by atoms with Crippen LogP contribution in [-0.4, -0.2) is 80.1 Å². The number of imidazole rings is 1. The molecule has 1 aliphatic rings. The van der Waals surface area contributed by atoms with Gasteiger partial charge in [-0.2, -0.15) is 0 Å². The predicted molar refractivity (Wildman–Crippen MR) is 99.3 cm³/mol. The molecule has 0 bridgehead atoms. The van der Waals surface area contributed by atoms with Crippen LogP contribution in [0, 0.1) is 0 Å². The topological polar surface area (TPSA) is 270 Å². The number of hydrogen-bond donors (Lipinski definition) is 7. The van der Waals surface area contributed by atoms with Crippen LogP contribution in [0.2, 0.25) is 0 Å². The Kier molecular flexibility index (Phi) is 6.71. The number of aromatic nitrogens is 4. The molecule has 3 heterocycles. The van der Waals surface area contributed by atoms with Crippen molar-refractivity contribution < 1.29 is 57.1 Å². The summed E-state index contributed by atoms with van der Waals surface area (Å²) < 4.78 is 49.2. The van der Waals surface area contributed by atoms with Gasteiger partial charge in [0.05, 0.1) is 12.9 Å². The molecule has 8 N–H and O–H groups in total. The van der Waals surface area contributed by atoms with Gasteiger partial charge in [-0.25, -0.2) is 23.8 Å². The van der Waals surface area contributed by atoms with E-state index in [1.54, 1.807) is 0 Å². The number of nitrogens with two attached hydrogens (primary N) is 1. The summed E-state index contributed by atoms with van der Waals surface area (Å²) in [6.45, 7) is -0.831. The van der Waals surface area contributed by atoms with Gasteiger partial charge in [0, 0.05) is 0 Å². The van der Waals surface area contributed by atoms with Crippen molar-refractivity contribution in [2.24, 2.45) is 0 Å². The van der Waals surface area contributed by atoms with Crippen molar-refractivity contribution in [3.8, 4) is 0 Å². The van der Waals surface area contributed by atoms with E-state index >= 15 is 0 Å². The lowest BCUT2D eigenvalue weighted by Crippen LogP contribution is -2.33. The maximum Gasteiger partial charge on any atom is 0.476 e. The summed E-state index contributed by atoms with van der Waals surface area (Å²) in [7, 11) is -15.6. The first-order chi connectivity index (χ1) is 14.2. The van der Waals surface area contributed by atoms with Gasteiger partial charge < -0.3 is 44.8 Å². The molecular formula is C11H18N5O12P3. The summed E-state index contributed by atoms with van der Waals surface area (Å²) in [4.78, 5) is 47.9. The van der Waals surface area contributed by atoms with Crippen LogP contribution in [0.1, 0.15) is 6.23 Å². The van der Waals surface area contributed by atoms with Crippen molar-refractivity contribution in [2.75, 3.05) is 18.2 Å². The van der Waals surface area contributed by atoms with E-state index in [0.29, 0.717) is 0 Å². The van der Waals surface area contributed by atoms with E-state index in [4.69, 9.17) is 20.3 Å². The molecule has 174 valence electrons. The van der Waals surface area contributed by atoms with E-state index in [9.17, 15) is 33.7 Å². The summed E-state index contributed by atoms with van der Waals surface area (Å²) in [5.41, 5.74) is 6.06. The normalized spacial score (nSPS) is 28.5. The molecule has 31 heavy (non-hydrogen) atoms. The Labute approximate surface area is 172 Å². The Morgan fingerprint density at radius 3 is 2.39 bits per heavy atom. The minimum Gasteiger partial charge on any atom is -0.387 e. The molecule has 6 atom stereocenters. The molecule has 20 heteroatoms. The lowest BCUT2D eigenvalue weighted by Gasteiger charge is -2.19. The predicted octanol–water partition coefficient (Wildman–Crippen LogP) is -1.52. The Balaban J connectivity index is 1.69. The molecule has 0 aliphatic carbocycles. The van der Waals surface area contributed by atoms with Gasteiger partial charge in [-0.15, -0.1) is 0 Å². The molecule has 1 saturated heterocycles. The molecule has 2 aromatic heterocycles. The standard InChI is InChI=1S/C11H18N5O12P3/c12-9-6-10(14-2-13-9)16(3-15-6)11-8(18)7(17)5(27-11)1-26-29(19,20)4-30(21,22)28-31(23,24)25/h2-3,5,7-8,11,17-18H,1,4H2,(H,19,20)(H,21,22)(H2,12,13,14)(H2,23,24,25)/t5-,7-,8?,11-/m1/s1. The van der Waals surface area contributed by atoms with E-state index in [-0.39, 0.29) is 17.0 Å². The third-order valence-corrected chi connectivity index (χ3v) is 9.31. The van der Waals surface area contributed by atoms with E-state index in [1.165, 1.54) is 10.9 Å². The van der Waals surface area contributed by atoms with Crippen LogP contribution in [0.4, 0.5) is 5.82 Å². The minimum atomic E-state index is -5.42. The molecule has 1 fully saturated rings. The molecular weight excluding hydrogens is 487 g/mol. The number of aliphatic hydroxyl groups is 2.